The van der Waals surface area contributed by atoms with E-state index in [-0.39, 0.29) is 0 Å². The summed E-state index contributed by atoms with van der Waals surface area (Å²) in [6.45, 7) is 0. The molecule has 4 nitrogen and oxygen atoms in total. The Morgan fingerprint density at radius 3 is 2.90 bits per heavy atom. The van der Waals surface area contributed by atoms with Gasteiger partial charge in [-0.1, -0.05) is 0 Å². The van der Waals surface area contributed by atoms with Gasteiger partial charge in [-0.25, -0.2) is 0 Å². The highest BCUT2D eigenvalue weighted by molar-refractivity contribution is 5.34. The van der Waals surface area contributed by atoms with Crippen LogP contribution in [-0.4, -0.2) is 16.9 Å². The van der Waals surface area contributed by atoms with Gasteiger partial charge < -0.3 is 4.74 Å². The summed E-state index contributed by atoms with van der Waals surface area (Å²) in [5.41, 5.74) is 0.391. The van der Waals surface area contributed by atoms with Crippen LogP contribution in [0.4, 0.5) is 0 Å². The Balaban J connectivity index is 3.17. The summed E-state index contributed by atoms with van der Waals surface area (Å²) in [6, 6.07) is 1.94. The standard InChI is InChI=1S/C6H6N3O/c1-9-5(3-7)6(10-2)4-8-9/h1-2H3. The van der Waals surface area contributed by atoms with E-state index in [2.05, 4.69) is 11.3 Å². The SMILES string of the molecule is COc1[c]nn(C)c1C#N. The highest BCUT2D eigenvalue weighted by atomic mass is 16.5. The van der Waals surface area contributed by atoms with Crippen LogP contribution in [0, 0.1) is 17.5 Å². The maximum Gasteiger partial charge on any atom is 0.184 e. The van der Waals surface area contributed by atoms with E-state index in [1.807, 2.05) is 6.07 Å². The van der Waals surface area contributed by atoms with Crippen LogP contribution in [0.2, 0.25) is 0 Å². The number of ether oxygens (including phenoxy) is 1. The summed E-state index contributed by atoms with van der Waals surface area (Å²) in [6.07, 6.45) is 2.54. The lowest BCUT2D eigenvalue weighted by molar-refractivity contribution is 0.412. The predicted molar refractivity (Wildman–Crippen MR) is 33.3 cm³/mol. The first-order chi connectivity index (χ1) is 4.79. The molecule has 1 radical (unpaired) electrons. The molecule has 4 heteroatoms. The molecule has 0 saturated carbocycles. The van der Waals surface area contributed by atoms with Crippen molar-refractivity contribution in [1.29, 1.82) is 5.26 Å². The lowest BCUT2D eigenvalue weighted by Crippen LogP contribution is -1.94. The van der Waals surface area contributed by atoms with Crippen molar-refractivity contribution in [1.82, 2.24) is 9.78 Å². The predicted octanol–water partition coefficient (Wildman–Crippen LogP) is 0.101. The van der Waals surface area contributed by atoms with Gasteiger partial charge in [-0.15, -0.1) is 0 Å². The van der Waals surface area contributed by atoms with Gasteiger partial charge in [-0.3, -0.25) is 4.68 Å². The molecule has 0 N–H and O–H groups in total. The van der Waals surface area contributed by atoms with Gasteiger partial charge in [0.15, 0.2) is 17.6 Å². The average molecular weight is 136 g/mol. The maximum atomic E-state index is 8.51. The number of aryl methyl sites for hydroxylation is 1. The van der Waals surface area contributed by atoms with Crippen molar-refractivity contribution in [2.75, 3.05) is 7.11 Å². The van der Waals surface area contributed by atoms with E-state index >= 15 is 0 Å². The molecule has 0 unspecified atom stereocenters. The smallest absolute Gasteiger partial charge is 0.184 e. The Labute approximate surface area is 58.6 Å². The van der Waals surface area contributed by atoms with Crippen LogP contribution in [0.25, 0.3) is 0 Å². The second-order valence-electron chi connectivity index (χ2n) is 1.73. The Bertz CT molecular complexity index is 271. The molecule has 0 aliphatic carbocycles. The number of rotatable bonds is 1. The van der Waals surface area contributed by atoms with Crippen molar-refractivity contribution < 1.29 is 4.74 Å². The molecule has 0 bridgehead atoms. The molecule has 1 aromatic rings. The van der Waals surface area contributed by atoms with E-state index < -0.39 is 0 Å². The van der Waals surface area contributed by atoms with Crippen LogP contribution in [0.1, 0.15) is 5.69 Å². The molecule has 51 valence electrons. The van der Waals surface area contributed by atoms with Gasteiger partial charge in [-0.2, -0.15) is 10.4 Å². The Morgan fingerprint density at radius 2 is 2.50 bits per heavy atom. The third kappa shape index (κ3) is 0.818. The number of aromatic nitrogens is 2. The molecule has 0 amide bonds. The largest absolute Gasteiger partial charge is 0.491 e. The van der Waals surface area contributed by atoms with Crippen LogP contribution < -0.4 is 4.74 Å². The number of nitriles is 1. The average Bonchev–Trinajstić information content (AvgIpc) is 2.30. The van der Waals surface area contributed by atoms with Crippen LogP contribution in [0.5, 0.6) is 5.75 Å². The first kappa shape index (κ1) is 6.62. The van der Waals surface area contributed by atoms with Gasteiger partial charge in [-0.05, 0) is 0 Å². The molecular formula is C6H6N3O. The summed E-state index contributed by atoms with van der Waals surface area (Å²) in [5.74, 6) is 0.394. The van der Waals surface area contributed by atoms with Crippen molar-refractivity contribution >= 4 is 0 Å². The molecule has 0 aliphatic heterocycles. The van der Waals surface area contributed by atoms with Crippen LogP contribution >= 0.6 is 0 Å². The summed E-state index contributed by atoms with van der Waals surface area (Å²) in [4.78, 5) is 0. The molecule has 0 atom stereocenters. The van der Waals surface area contributed by atoms with E-state index in [9.17, 15) is 0 Å². The summed E-state index contributed by atoms with van der Waals surface area (Å²) < 4.78 is 6.21. The molecule has 1 heterocycles. The third-order valence-electron chi connectivity index (χ3n) is 1.15. The van der Waals surface area contributed by atoms with E-state index in [4.69, 9.17) is 10.00 Å². The fraction of sp³-hybridized carbons (Fsp3) is 0.333. The highest BCUT2D eigenvalue weighted by Crippen LogP contribution is 2.12. The zero-order valence-corrected chi connectivity index (χ0v) is 5.75. The first-order valence-corrected chi connectivity index (χ1v) is 2.68. The highest BCUT2D eigenvalue weighted by Gasteiger charge is 2.06. The van der Waals surface area contributed by atoms with Crippen molar-refractivity contribution in [3.63, 3.8) is 0 Å². The third-order valence-corrected chi connectivity index (χ3v) is 1.15. The van der Waals surface area contributed by atoms with E-state index in [0.717, 1.165) is 0 Å². The maximum absolute atomic E-state index is 8.51. The minimum absolute atomic E-state index is 0.391. The summed E-state index contributed by atoms with van der Waals surface area (Å²) in [7, 11) is 3.14. The van der Waals surface area contributed by atoms with Crippen molar-refractivity contribution in [3.8, 4) is 11.8 Å². The second kappa shape index (κ2) is 2.40. The zero-order valence-electron chi connectivity index (χ0n) is 5.75. The van der Waals surface area contributed by atoms with E-state index in [1.165, 1.54) is 11.8 Å². The van der Waals surface area contributed by atoms with Gasteiger partial charge >= 0.3 is 0 Å². The Morgan fingerprint density at radius 1 is 1.80 bits per heavy atom. The molecule has 0 aliphatic rings. The van der Waals surface area contributed by atoms with Gasteiger partial charge in [0, 0.05) is 7.05 Å². The van der Waals surface area contributed by atoms with Gasteiger partial charge in [0.25, 0.3) is 0 Å². The van der Waals surface area contributed by atoms with Crippen molar-refractivity contribution in [2.24, 2.45) is 7.05 Å². The molecule has 10 heavy (non-hydrogen) atoms. The number of hydrogen-bond donors (Lipinski definition) is 0. The molecule has 0 aromatic carbocycles. The summed E-state index contributed by atoms with van der Waals surface area (Å²) in [5, 5.41) is 12.2. The summed E-state index contributed by atoms with van der Waals surface area (Å²) >= 11 is 0. The Hall–Kier alpha value is -1.50. The zero-order chi connectivity index (χ0) is 7.56. The number of nitrogens with zero attached hydrogens (tertiary/aromatic N) is 3. The van der Waals surface area contributed by atoms with Crippen LogP contribution in [0.15, 0.2) is 0 Å². The van der Waals surface area contributed by atoms with Crippen LogP contribution in [-0.2, 0) is 7.05 Å². The lowest BCUT2D eigenvalue weighted by Gasteiger charge is -1.92. The van der Waals surface area contributed by atoms with Gasteiger partial charge in [0.1, 0.15) is 6.07 Å². The minimum atomic E-state index is 0.391. The van der Waals surface area contributed by atoms with E-state index in [1.54, 1.807) is 7.05 Å². The first-order valence-electron chi connectivity index (χ1n) is 2.68. The normalized spacial score (nSPS) is 8.90. The van der Waals surface area contributed by atoms with Gasteiger partial charge in [0.05, 0.1) is 7.11 Å². The molecular weight excluding hydrogens is 130 g/mol. The quantitative estimate of drug-likeness (QED) is 0.550. The van der Waals surface area contributed by atoms with Gasteiger partial charge in [0.2, 0.25) is 0 Å². The van der Waals surface area contributed by atoms with Crippen LogP contribution in [0.3, 0.4) is 0 Å². The fourth-order valence-corrected chi connectivity index (χ4v) is 0.636. The molecule has 1 aromatic heterocycles. The fourth-order valence-electron chi connectivity index (χ4n) is 0.636. The molecule has 1 rings (SSSR count). The second-order valence-corrected chi connectivity index (χ2v) is 1.73. The molecule has 0 spiro atoms. The number of hydrogen-bond acceptors (Lipinski definition) is 3. The minimum Gasteiger partial charge on any atom is -0.491 e. The monoisotopic (exact) mass is 136 g/mol. The topological polar surface area (TPSA) is 50.8 Å². The Kier molecular flexibility index (Phi) is 1.59. The van der Waals surface area contributed by atoms with Crippen molar-refractivity contribution in [2.45, 2.75) is 0 Å². The lowest BCUT2D eigenvalue weighted by atomic mass is 10.4. The van der Waals surface area contributed by atoms with Crippen molar-refractivity contribution in [3.05, 3.63) is 11.9 Å². The molecule has 0 fully saturated rings. The number of methoxy groups -OCH3 is 1. The molecule has 0 saturated heterocycles. The van der Waals surface area contributed by atoms with E-state index in [0.29, 0.717) is 11.4 Å².